The standard InChI is InChI=1S/C36H36N2O6/c1-43-32-17-9-12-26(34(32)44-2)19-21-37(23-20-33(39)40)35(41)30-15-7-5-13-28(30)29-14-6-8-16-31(29)36(42)38-22-18-25-10-3-4-11-27(25)24-38/h3-17H,18-24H2,1-2H3,(H,39,40). The van der Waals surface area contributed by atoms with E-state index in [1.54, 1.807) is 43.4 Å². The molecule has 0 atom stereocenters. The van der Waals surface area contributed by atoms with Crippen molar-refractivity contribution in [3.05, 3.63) is 119 Å². The molecule has 0 aromatic heterocycles. The molecule has 0 aliphatic carbocycles. The summed E-state index contributed by atoms with van der Waals surface area (Å²) in [6, 6.07) is 28.3. The van der Waals surface area contributed by atoms with Crippen LogP contribution in [0, 0.1) is 0 Å². The van der Waals surface area contributed by atoms with E-state index in [2.05, 4.69) is 12.1 Å². The van der Waals surface area contributed by atoms with Gasteiger partial charge in [-0.25, -0.2) is 0 Å². The maximum atomic E-state index is 14.2. The quantitative estimate of drug-likeness (QED) is 0.239. The third-order valence-electron chi connectivity index (χ3n) is 8.04. The molecule has 8 nitrogen and oxygen atoms in total. The van der Waals surface area contributed by atoms with Crippen molar-refractivity contribution in [2.75, 3.05) is 33.9 Å². The highest BCUT2D eigenvalue weighted by Crippen LogP contribution is 2.33. The van der Waals surface area contributed by atoms with Crippen molar-refractivity contribution in [2.45, 2.75) is 25.8 Å². The molecule has 0 radical (unpaired) electrons. The van der Waals surface area contributed by atoms with Crippen molar-refractivity contribution in [3.8, 4) is 22.6 Å². The number of carbonyl (C=O) groups is 3. The van der Waals surface area contributed by atoms with Crippen molar-refractivity contribution in [1.82, 2.24) is 9.80 Å². The van der Waals surface area contributed by atoms with Gasteiger partial charge in [0.1, 0.15) is 0 Å². The second-order valence-corrected chi connectivity index (χ2v) is 10.7. The molecule has 4 aromatic carbocycles. The topological polar surface area (TPSA) is 96.4 Å². The van der Waals surface area contributed by atoms with Gasteiger partial charge in [0.15, 0.2) is 11.5 Å². The summed E-state index contributed by atoms with van der Waals surface area (Å²) < 4.78 is 11.0. The molecule has 0 bridgehead atoms. The summed E-state index contributed by atoms with van der Waals surface area (Å²) >= 11 is 0. The normalized spacial score (nSPS) is 12.3. The number of benzene rings is 4. The van der Waals surface area contributed by atoms with Crippen LogP contribution in [0.5, 0.6) is 11.5 Å². The minimum absolute atomic E-state index is 0.0303. The molecule has 0 saturated carbocycles. The van der Waals surface area contributed by atoms with E-state index >= 15 is 0 Å². The second kappa shape index (κ2) is 13.9. The Balaban J connectivity index is 1.45. The zero-order valence-corrected chi connectivity index (χ0v) is 25.0. The average Bonchev–Trinajstić information content (AvgIpc) is 3.07. The van der Waals surface area contributed by atoms with Gasteiger partial charge in [0.05, 0.1) is 20.6 Å². The van der Waals surface area contributed by atoms with Crippen LogP contribution >= 0.6 is 0 Å². The lowest BCUT2D eigenvalue weighted by Gasteiger charge is -2.30. The molecule has 1 N–H and O–H groups in total. The van der Waals surface area contributed by atoms with E-state index in [-0.39, 0.29) is 31.3 Å². The van der Waals surface area contributed by atoms with Gasteiger partial charge < -0.3 is 24.4 Å². The molecule has 0 unspecified atom stereocenters. The number of hydrogen-bond donors (Lipinski definition) is 1. The van der Waals surface area contributed by atoms with Gasteiger partial charge in [0.2, 0.25) is 0 Å². The number of fused-ring (bicyclic) bond motifs is 1. The molecule has 1 heterocycles. The molecular formula is C36H36N2O6. The van der Waals surface area contributed by atoms with Crippen LogP contribution in [-0.4, -0.2) is 66.5 Å². The second-order valence-electron chi connectivity index (χ2n) is 10.7. The first-order valence-corrected chi connectivity index (χ1v) is 14.7. The van der Waals surface area contributed by atoms with Crippen molar-refractivity contribution in [1.29, 1.82) is 0 Å². The number of ether oxygens (including phenoxy) is 2. The minimum Gasteiger partial charge on any atom is -0.493 e. The lowest BCUT2D eigenvalue weighted by Crippen LogP contribution is -2.36. The molecule has 5 rings (SSSR count). The monoisotopic (exact) mass is 592 g/mol. The number of nitrogens with zero attached hydrogens (tertiary/aromatic N) is 2. The fraction of sp³-hybridized carbons (Fsp3) is 0.250. The Labute approximate surface area is 257 Å². The smallest absolute Gasteiger partial charge is 0.305 e. The summed E-state index contributed by atoms with van der Waals surface area (Å²) in [5, 5.41) is 9.45. The van der Waals surface area contributed by atoms with Gasteiger partial charge >= 0.3 is 5.97 Å². The van der Waals surface area contributed by atoms with Crippen LogP contribution in [0.4, 0.5) is 0 Å². The zero-order valence-electron chi connectivity index (χ0n) is 25.0. The fourth-order valence-corrected chi connectivity index (χ4v) is 5.77. The van der Waals surface area contributed by atoms with E-state index in [4.69, 9.17) is 9.47 Å². The third-order valence-corrected chi connectivity index (χ3v) is 8.04. The first-order chi connectivity index (χ1) is 21.4. The van der Waals surface area contributed by atoms with Crippen LogP contribution in [0.2, 0.25) is 0 Å². The van der Waals surface area contributed by atoms with E-state index in [1.807, 2.05) is 59.5 Å². The molecule has 2 amide bonds. The lowest BCUT2D eigenvalue weighted by molar-refractivity contribution is -0.137. The van der Waals surface area contributed by atoms with E-state index in [0.29, 0.717) is 53.3 Å². The number of rotatable bonds is 11. The first kappa shape index (κ1) is 30.4. The number of aliphatic carboxylic acids is 1. The molecule has 8 heteroatoms. The number of carbonyl (C=O) groups excluding carboxylic acids is 2. The number of methoxy groups -OCH3 is 2. The SMILES string of the molecule is COc1cccc(CCN(CCC(=O)O)C(=O)c2ccccc2-c2ccccc2C(=O)N2CCc3ccccc3C2)c1OC. The van der Waals surface area contributed by atoms with Crippen molar-refractivity contribution in [3.63, 3.8) is 0 Å². The van der Waals surface area contributed by atoms with Crippen LogP contribution in [0.3, 0.4) is 0 Å². The minimum atomic E-state index is -0.992. The number of amides is 2. The summed E-state index contributed by atoms with van der Waals surface area (Å²) in [7, 11) is 3.13. The molecular weight excluding hydrogens is 556 g/mol. The van der Waals surface area contributed by atoms with Gasteiger partial charge in [-0.05, 0) is 58.9 Å². The van der Waals surface area contributed by atoms with Gasteiger partial charge in [-0.15, -0.1) is 0 Å². The lowest BCUT2D eigenvalue weighted by atomic mass is 9.93. The largest absolute Gasteiger partial charge is 0.493 e. The summed E-state index contributed by atoms with van der Waals surface area (Å²) in [5.74, 6) is -0.233. The van der Waals surface area contributed by atoms with E-state index in [9.17, 15) is 19.5 Å². The summed E-state index contributed by atoms with van der Waals surface area (Å²) in [4.78, 5) is 43.0. The van der Waals surface area contributed by atoms with E-state index in [0.717, 1.165) is 17.5 Å². The van der Waals surface area contributed by atoms with Crippen molar-refractivity contribution >= 4 is 17.8 Å². The molecule has 4 aromatic rings. The third kappa shape index (κ3) is 6.59. The van der Waals surface area contributed by atoms with Gasteiger partial charge in [0, 0.05) is 37.3 Å². The maximum Gasteiger partial charge on any atom is 0.305 e. The Morgan fingerprint density at radius 3 is 2.14 bits per heavy atom. The molecule has 44 heavy (non-hydrogen) atoms. The molecule has 0 saturated heterocycles. The summed E-state index contributed by atoms with van der Waals surface area (Å²) in [5.41, 5.74) is 5.44. The molecule has 1 aliphatic heterocycles. The highest BCUT2D eigenvalue weighted by molar-refractivity contribution is 6.06. The van der Waals surface area contributed by atoms with Crippen LogP contribution in [0.25, 0.3) is 11.1 Å². The maximum absolute atomic E-state index is 14.2. The Kier molecular flexibility index (Phi) is 9.59. The highest BCUT2D eigenvalue weighted by Gasteiger charge is 2.26. The van der Waals surface area contributed by atoms with Crippen LogP contribution in [0.15, 0.2) is 91.0 Å². The average molecular weight is 593 g/mol. The predicted molar refractivity (Wildman–Crippen MR) is 168 cm³/mol. The van der Waals surface area contributed by atoms with E-state index < -0.39 is 5.97 Å². The number of para-hydroxylation sites is 1. The zero-order chi connectivity index (χ0) is 31.1. The van der Waals surface area contributed by atoms with Gasteiger partial charge in [-0.3, -0.25) is 14.4 Å². The molecule has 226 valence electrons. The summed E-state index contributed by atoms with van der Waals surface area (Å²) in [6.45, 7) is 1.43. The number of carboxylic acid groups (broad SMARTS) is 1. The molecule has 1 aliphatic rings. The highest BCUT2D eigenvalue weighted by atomic mass is 16.5. The Morgan fingerprint density at radius 1 is 0.773 bits per heavy atom. The van der Waals surface area contributed by atoms with Gasteiger partial charge in [-0.2, -0.15) is 0 Å². The van der Waals surface area contributed by atoms with Crippen molar-refractivity contribution in [2.24, 2.45) is 0 Å². The van der Waals surface area contributed by atoms with Crippen molar-refractivity contribution < 1.29 is 29.0 Å². The molecule has 0 fully saturated rings. The first-order valence-electron chi connectivity index (χ1n) is 14.7. The van der Waals surface area contributed by atoms with Crippen LogP contribution in [0.1, 0.15) is 43.8 Å². The van der Waals surface area contributed by atoms with Gasteiger partial charge in [0.25, 0.3) is 11.8 Å². The predicted octanol–water partition coefficient (Wildman–Crippen LogP) is 5.73. The van der Waals surface area contributed by atoms with Crippen LogP contribution in [-0.2, 0) is 24.2 Å². The van der Waals surface area contributed by atoms with Crippen LogP contribution < -0.4 is 9.47 Å². The number of carboxylic acids is 1. The number of hydrogen-bond acceptors (Lipinski definition) is 5. The van der Waals surface area contributed by atoms with Gasteiger partial charge in [-0.1, -0.05) is 72.8 Å². The summed E-state index contributed by atoms with van der Waals surface area (Å²) in [6.07, 6.45) is 1.02. The molecule has 0 spiro atoms. The Hall–Kier alpha value is -5.11. The van der Waals surface area contributed by atoms with E-state index in [1.165, 1.54) is 5.56 Å². The fourth-order valence-electron chi connectivity index (χ4n) is 5.77. The Bertz CT molecular complexity index is 1670. The Morgan fingerprint density at radius 2 is 1.43 bits per heavy atom.